The molecule has 1 spiro atoms. The minimum absolute atomic E-state index is 0.244. The van der Waals surface area contributed by atoms with E-state index in [9.17, 15) is 9.90 Å². The van der Waals surface area contributed by atoms with Crippen molar-refractivity contribution in [3.05, 3.63) is 30.2 Å². The largest absolute Gasteiger partial charge is 0.483 e. The van der Waals surface area contributed by atoms with E-state index in [1.807, 2.05) is 6.92 Å². The van der Waals surface area contributed by atoms with E-state index in [-0.39, 0.29) is 18.0 Å². The highest BCUT2D eigenvalue weighted by molar-refractivity contribution is 5.94. The summed E-state index contributed by atoms with van der Waals surface area (Å²) in [6, 6.07) is 3.02. The van der Waals surface area contributed by atoms with E-state index in [0.29, 0.717) is 24.2 Å². The van der Waals surface area contributed by atoms with Crippen molar-refractivity contribution in [1.82, 2.24) is 24.8 Å². The number of pyridine rings is 1. The summed E-state index contributed by atoms with van der Waals surface area (Å²) in [6.07, 6.45) is 8.28. The fourth-order valence-electron chi connectivity index (χ4n) is 4.79. The van der Waals surface area contributed by atoms with Gasteiger partial charge in [0, 0.05) is 32.3 Å². The molecule has 0 unspecified atom stereocenters. The van der Waals surface area contributed by atoms with Gasteiger partial charge < -0.3 is 25.2 Å². The molecule has 2 aromatic rings. The van der Waals surface area contributed by atoms with Crippen molar-refractivity contribution >= 4 is 18.0 Å². The van der Waals surface area contributed by atoms with Gasteiger partial charge in [-0.25, -0.2) is 9.50 Å². The van der Waals surface area contributed by atoms with Gasteiger partial charge in [0.2, 0.25) is 0 Å². The third-order valence-electron chi connectivity index (χ3n) is 6.81. The Labute approximate surface area is 186 Å². The molecule has 0 aromatic carbocycles. The lowest BCUT2D eigenvalue weighted by molar-refractivity contribution is -0.186. The van der Waals surface area contributed by atoms with Gasteiger partial charge in [0.25, 0.3) is 12.4 Å². The molecule has 3 aliphatic rings. The number of ether oxygens (including phenoxy) is 1. The molecule has 174 valence electrons. The molecule has 2 atom stereocenters. The Bertz CT molecular complexity index is 949. The lowest BCUT2D eigenvalue weighted by Crippen LogP contribution is -2.64. The topological polar surface area (TPSA) is 129 Å². The summed E-state index contributed by atoms with van der Waals surface area (Å²) in [5, 5.41) is 25.1. The smallest absolute Gasteiger partial charge is 0.290 e. The van der Waals surface area contributed by atoms with Gasteiger partial charge in [-0.3, -0.25) is 9.59 Å². The zero-order chi connectivity index (χ0) is 22.8. The molecule has 2 saturated heterocycles. The third-order valence-corrected chi connectivity index (χ3v) is 6.81. The molecule has 5 rings (SSSR count). The van der Waals surface area contributed by atoms with Crippen LogP contribution in [0.5, 0.6) is 0 Å². The number of rotatable bonds is 4. The number of carbonyl (C=O) groups excluding carboxylic acids is 1. The molecule has 0 radical (unpaired) electrons. The van der Waals surface area contributed by atoms with E-state index < -0.39 is 11.6 Å². The summed E-state index contributed by atoms with van der Waals surface area (Å²) < 4.78 is 7.85. The van der Waals surface area contributed by atoms with Crippen LogP contribution in [0.25, 0.3) is 5.65 Å². The highest BCUT2D eigenvalue weighted by Crippen LogP contribution is 2.40. The highest BCUT2D eigenvalue weighted by atomic mass is 16.5. The second-order valence-corrected chi connectivity index (χ2v) is 9.38. The predicted octanol–water partition coefficient (Wildman–Crippen LogP) is 0.944. The number of carboxylic acid groups (broad SMARTS) is 1. The van der Waals surface area contributed by atoms with Crippen molar-refractivity contribution in [2.45, 2.75) is 56.3 Å². The first-order valence-corrected chi connectivity index (χ1v) is 11.1. The SMILES string of the molecule is C[C@]1(O)CC2(CCN(CC3CC3)CC2)OC[C@@H]1NC(=O)c1ccc2ncnn2c1.O=CO. The van der Waals surface area contributed by atoms with Crippen LogP contribution >= 0.6 is 0 Å². The van der Waals surface area contributed by atoms with Crippen LogP contribution in [0.4, 0.5) is 0 Å². The number of fused-ring (bicyclic) bond motifs is 1. The van der Waals surface area contributed by atoms with Gasteiger partial charge in [0.15, 0.2) is 5.65 Å². The van der Waals surface area contributed by atoms with Gasteiger partial charge in [-0.05, 0) is 50.7 Å². The third kappa shape index (κ3) is 5.08. The van der Waals surface area contributed by atoms with Gasteiger partial charge >= 0.3 is 0 Å². The van der Waals surface area contributed by atoms with Crippen LogP contribution in [0.15, 0.2) is 24.7 Å². The van der Waals surface area contributed by atoms with Gasteiger partial charge in [-0.1, -0.05) is 0 Å². The van der Waals surface area contributed by atoms with Crippen LogP contribution in [0, 0.1) is 5.92 Å². The molecule has 3 N–H and O–H groups in total. The van der Waals surface area contributed by atoms with Crippen LogP contribution < -0.4 is 5.32 Å². The Hall–Kier alpha value is -2.56. The number of likely N-dealkylation sites (tertiary alicyclic amines) is 1. The standard InChI is InChI=1S/C21H29N5O3.CH2O2/c1-20(28)13-21(6-8-25(9-7-21)10-15-2-3-15)29-12-17(20)24-19(27)16-4-5-18-22-14-23-26(18)11-16;2-1-3/h4-5,11,14-15,17,28H,2-3,6-10,12-13H2,1H3,(H,24,27);1H,(H,2,3)/t17-,20-;/m0./s1. The molecule has 1 saturated carbocycles. The quantitative estimate of drug-likeness (QED) is 0.593. The molecular weight excluding hydrogens is 414 g/mol. The molecule has 2 aliphatic heterocycles. The normalized spacial score (nSPS) is 27.5. The maximum atomic E-state index is 12.7. The second-order valence-electron chi connectivity index (χ2n) is 9.38. The summed E-state index contributed by atoms with van der Waals surface area (Å²) in [4.78, 5) is 27.7. The minimum Gasteiger partial charge on any atom is -0.483 e. The van der Waals surface area contributed by atoms with E-state index in [2.05, 4.69) is 20.3 Å². The average molecular weight is 446 g/mol. The minimum atomic E-state index is -1.01. The van der Waals surface area contributed by atoms with Gasteiger partial charge in [0.05, 0.1) is 29.4 Å². The molecule has 10 nitrogen and oxygen atoms in total. The Morgan fingerprint density at radius 3 is 2.72 bits per heavy atom. The Morgan fingerprint density at radius 1 is 1.34 bits per heavy atom. The van der Waals surface area contributed by atoms with Crippen molar-refractivity contribution in [2.75, 3.05) is 26.2 Å². The van der Waals surface area contributed by atoms with Crippen LogP contribution in [0.1, 0.15) is 49.4 Å². The van der Waals surface area contributed by atoms with E-state index in [0.717, 1.165) is 31.8 Å². The number of amides is 1. The average Bonchev–Trinajstić information content (AvgIpc) is 3.45. The lowest BCUT2D eigenvalue weighted by atomic mass is 9.75. The summed E-state index contributed by atoms with van der Waals surface area (Å²) in [5.41, 5.74) is -0.120. The predicted molar refractivity (Wildman–Crippen MR) is 115 cm³/mol. The number of nitrogens with zero attached hydrogens (tertiary/aromatic N) is 4. The number of hydrogen-bond acceptors (Lipinski definition) is 7. The number of piperidine rings is 1. The summed E-state index contributed by atoms with van der Waals surface area (Å²) in [5.74, 6) is 0.655. The lowest BCUT2D eigenvalue weighted by Gasteiger charge is -2.51. The highest BCUT2D eigenvalue weighted by Gasteiger charge is 2.49. The van der Waals surface area contributed by atoms with Gasteiger partial charge in [0.1, 0.15) is 6.33 Å². The van der Waals surface area contributed by atoms with Crippen molar-refractivity contribution in [2.24, 2.45) is 5.92 Å². The zero-order valence-corrected chi connectivity index (χ0v) is 18.3. The van der Waals surface area contributed by atoms with Crippen LogP contribution in [0.2, 0.25) is 0 Å². The number of aliphatic hydroxyl groups is 1. The molecule has 4 heterocycles. The van der Waals surface area contributed by atoms with E-state index in [4.69, 9.17) is 14.6 Å². The maximum absolute atomic E-state index is 12.7. The Balaban J connectivity index is 0.000000775. The first-order chi connectivity index (χ1) is 15.3. The summed E-state index contributed by atoms with van der Waals surface area (Å²) in [7, 11) is 0. The number of aromatic nitrogens is 3. The fourth-order valence-corrected chi connectivity index (χ4v) is 4.79. The molecule has 0 bridgehead atoms. The van der Waals surface area contributed by atoms with Crippen LogP contribution in [-0.2, 0) is 9.53 Å². The van der Waals surface area contributed by atoms with Crippen LogP contribution in [-0.4, -0.2) is 85.6 Å². The molecular formula is C22H31N5O5. The van der Waals surface area contributed by atoms with Crippen molar-refractivity contribution in [3.8, 4) is 0 Å². The van der Waals surface area contributed by atoms with E-state index in [1.54, 1.807) is 22.8 Å². The molecule has 10 heteroatoms. The van der Waals surface area contributed by atoms with Crippen molar-refractivity contribution < 1.29 is 24.5 Å². The monoisotopic (exact) mass is 445 g/mol. The molecule has 1 aliphatic carbocycles. The molecule has 1 amide bonds. The van der Waals surface area contributed by atoms with Crippen molar-refractivity contribution in [3.63, 3.8) is 0 Å². The van der Waals surface area contributed by atoms with E-state index in [1.165, 1.54) is 25.7 Å². The summed E-state index contributed by atoms with van der Waals surface area (Å²) in [6.45, 7) is 5.16. The van der Waals surface area contributed by atoms with Crippen molar-refractivity contribution in [1.29, 1.82) is 0 Å². The molecule has 32 heavy (non-hydrogen) atoms. The second kappa shape index (κ2) is 9.13. The molecule has 2 aromatic heterocycles. The fraction of sp³-hybridized carbons (Fsp3) is 0.636. The Kier molecular flexibility index (Phi) is 6.45. The van der Waals surface area contributed by atoms with Gasteiger partial charge in [-0.2, -0.15) is 5.10 Å². The zero-order valence-electron chi connectivity index (χ0n) is 18.3. The number of carbonyl (C=O) groups is 2. The summed E-state index contributed by atoms with van der Waals surface area (Å²) >= 11 is 0. The number of nitrogens with one attached hydrogen (secondary N) is 1. The van der Waals surface area contributed by atoms with Gasteiger partial charge in [-0.15, -0.1) is 0 Å². The van der Waals surface area contributed by atoms with E-state index >= 15 is 0 Å². The number of hydrogen-bond donors (Lipinski definition) is 3. The Morgan fingerprint density at radius 2 is 2.06 bits per heavy atom. The van der Waals surface area contributed by atoms with Crippen LogP contribution in [0.3, 0.4) is 0 Å². The maximum Gasteiger partial charge on any atom is 0.290 e. The first kappa shape index (κ1) is 22.6. The first-order valence-electron chi connectivity index (χ1n) is 11.1. The molecule has 3 fully saturated rings.